The molecule has 4 aliphatic heterocycles. The van der Waals surface area contributed by atoms with Crippen LogP contribution in [0.2, 0.25) is 0 Å². The number of cyclic esters (lactones) is 1. The first-order chi connectivity index (χ1) is 32.5. The van der Waals surface area contributed by atoms with E-state index >= 15 is 0 Å². The van der Waals surface area contributed by atoms with Crippen molar-refractivity contribution in [2.24, 2.45) is 40.4 Å². The van der Waals surface area contributed by atoms with E-state index in [0.29, 0.717) is 41.0 Å². The molecule has 0 aromatic heterocycles. The quantitative estimate of drug-likeness (QED) is 0.218. The number of allylic oxidation sites excluding steroid dienone is 4. The Morgan fingerprint density at radius 1 is 0.897 bits per heavy atom. The topological polar surface area (TPSA) is 256 Å². The molecule has 368 valence electrons. The monoisotopic (exact) mass is 948 g/mol. The van der Waals surface area contributed by atoms with Gasteiger partial charge in [0, 0.05) is 28.6 Å². The van der Waals surface area contributed by atoms with E-state index in [2.05, 4.69) is 6.92 Å². The van der Waals surface area contributed by atoms with Gasteiger partial charge in [0.2, 0.25) is 12.5 Å². The number of aliphatic hydroxyl groups excluding tert-OH is 4. The molecule has 4 heterocycles. The van der Waals surface area contributed by atoms with Crippen LogP contribution in [0.5, 0.6) is 28.7 Å². The van der Waals surface area contributed by atoms with Crippen molar-refractivity contribution in [2.75, 3.05) is 40.8 Å². The van der Waals surface area contributed by atoms with Crippen molar-refractivity contribution >= 4 is 17.5 Å². The fraction of sp³-hybridized carbons (Fsp3) is 0.620. The zero-order chi connectivity index (χ0) is 48.2. The van der Waals surface area contributed by atoms with Crippen molar-refractivity contribution in [2.45, 2.75) is 114 Å². The Kier molecular flexibility index (Phi) is 12.0. The summed E-state index contributed by atoms with van der Waals surface area (Å²) in [7, 11) is 2.86. The number of ketones is 2. The van der Waals surface area contributed by atoms with Crippen LogP contribution in [-0.2, 0) is 38.1 Å². The normalized spacial score (nSPS) is 41.6. The average molecular weight is 949 g/mol. The summed E-state index contributed by atoms with van der Waals surface area (Å²) in [6, 6.07) is 6.93. The number of carbonyl (C=O) groups excluding carboxylic acids is 3. The summed E-state index contributed by atoms with van der Waals surface area (Å²) in [6.45, 7) is 5.27. The fourth-order valence-electron chi connectivity index (χ4n) is 13.7. The third kappa shape index (κ3) is 7.19. The highest BCUT2D eigenvalue weighted by Crippen LogP contribution is 2.67. The third-order valence-electron chi connectivity index (χ3n) is 17.0. The summed E-state index contributed by atoms with van der Waals surface area (Å²) in [5, 5.41) is 64.2. The molecular weight excluding hydrogens is 889 g/mol. The van der Waals surface area contributed by atoms with Crippen LogP contribution in [0.3, 0.4) is 0 Å². The highest BCUT2D eigenvalue weighted by atomic mass is 16.8. The molecule has 2 aromatic carbocycles. The molecule has 9 aliphatic rings. The van der Waals surface area contributed by atoms with Crippen molar-refractivity contribution in [1.82, 2.24) is 0 Å². The number of rotatable bonds is 7. The first-order valence-electron chi connectivity index (χ1n) is 23.4. The summed E-state index contributed by atoms with van der Waals surface area (Å²) < 4.78 is 51.5. The number of fused-ring (bicyclic) bond motifs is 9. The molecule has 17 atom stereocenters. The van der Waals surface area contributed by atoms with Crippen LogP contribution in [0.15, 0.2) is 48.1 Å². The minimum Gasteiger partial charge on any atom is -0.502 e. The zero-order valence-electron chi connectivity index (χ0n) is 38.6. The molecule has 0 spiro atoms. The SMILES string of the molecule is COc1cc([C@@H]2c3cc4c(cc3C(O[C@@H]3O[C@@H]5CO[C@@H](C)O[C@H]5[C@H](O)[C@H]3O)C3COC(=O)[C@@H]32)OCO4)cc(OC)c1O.C[C@]12C=CC(=O)C=C1CC[C@@H]1[C@@H]2[C@@H](O)C[C@@]2(C)[C@H]1CC[C@]2(O)C(=O)CO. The van der Waals surface area contributed by atoms with Gasteiger partial charge < -0.3 is 73.3 Å². The number of hydrogen-bond acceptors (Lipinski definition) is 18. The number of benzene rings is 2. The lowest BCUT2D eigenvalue weighted by atomic mass is 9.46. The van der Waals surface area contributed by atoms with Crippen molar-refractivity contribution in [3.8, 4) is 28.7 Å². The average Bonchev–Trinajstić information content (AvgIpc) is 4.02. The lowest BCUT2D eigenvalue weighted by Crippen LogP contribution is -2.63. The molecule has 2 aromatic rings. The molecule has 18 nitrogen and oxygen atoms in total. The number of carbonyl (C=O) groups is 3. The Balaban J connectivity index is 0.000000178. The van der Waals surface area contributed by atoms with Crippen LogP contribution in [0, 0.1) is 40.4 Å². The summed E-state index contributed by atoms with van der Waals surface area (Å²) in [5.74, 6) is -1.25. The molecule has 6 N–H and O–H groups in total. The maximum Gasteiger partial charge on any atom is 0.310 e. The van der Waals surface area contributed by atoms with E-state index in [0.717, 1.165) is 24.8 Å². The van der Waals surface area contributed by atoms with Gasteiger partial charge in [-0.2, -0.15) is 0 Å². The Hall–Kier alpha value is -4.63. The van der Waals surface area contributed by atoms with Gasteiger partial charge in [-0.25, -0.2) is 0 Å². The highest BCUT2D eigenvalue weighted by molar-refractivity contribution is 6.01. The van der Waals surface area contributed by atoms with E-state index in [4.69, 9.17) is 42.6 Å². The molecule has 6 fully saturated rings. The first-order valence-corrected chi connectivity index (χ1v) is 23.4. The molecule has 5 aliphatic carbocycles. The Morgan fingerprint density at radius 3 is 2.29 bits per heavy atom. The van der Waals surface area contributed by atoms with Crippen LogP contribution >= 0.6 is 0 Å². The number of hydrogen-bond donors (Lipinski definition) is 6. The summed E-state index contributed by atoms with van der Waals surface area (Å²) >= 11 is 0. The summed E-state index contributed by atoms with van der Waals surface area (Å²) in [6.07, 6.45) is 0.885. The molecule has 0 amide bonds. The van der Waals surface area contributed by atoms with Crippen molar-refractivity contribution < 1.29 is 87.7 Å². The number of phenols is 1. The molecule has 3 saturated carbocycles. The van der Waals surface area contributed by atoms with Gasteiger partial charge in [-0.3, -0.25) is 14.4 Å². The lowest BCUT2D eigenvalue weighted by molar-refractivity contribution is -0.364. The largest absolute Gasteiger partial charge is 0.502 e. The summed E-state index contributed by atoms with van der Waals surface area (Å²) in [4.78, 5) is 37.5. The van der Waals surface area contributed by atoms with E-state index in [1.165, 1.54) is 14.2 Å². The molecule has 2 unspecified atom stereocenters. The van der Waals surface area contributed by atoms with E-state index in [1.54, 1.807) is 43.3 Å². The Bertz CT molecular complexity index is 2390. The molecular formula is C50H60O18. The minimum atomic E-state index is -1.56. The minimum absolute atomic E-state index is 0.00912. The number of Topliss-reactive ketones (excluding diaryl/α,β-unsaturated/α-hetero) is 1. The first kappa shape index (κ1) is 47.1. The van der Waals surface area contributed by atoms with E-state index in [1.807, 2.05) is 13.0 Å². The van der Waals surface area contributed by atoms with Crippen LogP contribution < -0.4 is 18.9 Å². The van der Waals surface area contributed by atoms with Crippen LogP contribution in [0.25, 0.3) is 0 Å². The zero-order valence-corrected chi connectivity index (χ0v) is 38.6. The van der Waals surface area contributed by atoms with Gasteiger partial charge in [0.05, 0.1) is 45.6 Å². The van der Waals surface area contributed by atoms with Crippen LogP contribution in [-0.4, -0.2) is 138 Å². The maximum atomic E-state index is 13.4. The lowest BCUT2D eigenvalue weighted by Gasteiger charge is -2.59. The van der Waals surface area contributed by atoms with Gasteiger partial charge in [0.1, 0.15) is 36.6 Å². The van der Waals surface area contributed by atoms with Gasteiger partial charge >= 0.3 is 5.97 Å². The second kappa shape index (κ2) is 17.3. The smallest absolute Gasteiger partial charge is 0.310 e. The second-order valence-electron chi connectivity index (χ2n) is 20.2. The second-order valence-corrected chi connectivity index (χ2v) is 20.2. The number of aliphatic hydroxyl groups is 5. The number of methoxy groups -OCH3 is 2. The highest BCUT2D eigenvalue weighted by Gasteiger charge is 2.68. The van der Waals surface area contributed by atoms with E-state index in [-0.39, 0.29) is 66.2 Å². The van der Waals surface area contributed by atoms with E-state index in [9.17, 15) is 45.0 Å². The van der Waals surface area contributed by atoms with Gasteiger partial charge in [-0.15, -0.1) is 0 Å². The fourth-order valence-corrected chi connectivity index (χ4v) is 13.7. The Labute approximate surface area is 392 Å². The molecule has 68 heavy (non-hydrogen) atoms. The molecule has 0 radical (unpaired) electrons. The molecule has 0 bridgehead atoms. The maximum absolute atomic E-state index is 13.4. The predicted molar refractivity (Wildman–Crippen MR) is 233 cm³/mol. The molecule has 11 rings (SSSR count). The van der Waals surface area contributed by atoms with Crippen molar-refractivity contribution in [1.29, 1.82) is 0 Å². The van der Waals surface area contributed by atoms with Crippen molar-refractivity contribution in [3.63, 3.8) is 0 Å². The van der Waals surface area contributed by atoms with Gasteiger partial charge in [-0.05, 0) is 104 Å². The van der Waals surface area contributed by atoms with Crippen LogP contribution in [0.1, 0.15) is 81.6 Å². The van der Waals surface area contributed by atoms with Gasteiger partial charge in [-0.1, -0.05) is 25.5 Å². The number of phenolic OH excluding ortho intramolecular Hbond substituents is 1. The Morgan fingerprint density at radius 2 is 1.60 bits per heavy atom. The van der Waals surface area contributed by atoms with Gasteiger partial charge in [0.25, 0.3) is 0 Å². The predicted octanol–water partition coefficient (Wildman–Crippen LogP) is 2.90. The molecule has 3 saturated heterocycles. The summed E-state index contributed by atoms with van der Waals surface area (Å²) in [5.41, 5.74) is 0.472. The molecule has 18 heteroatoms. The third-order valence-corrected chi connectivity index (χ3v) is 17.0. The van der Waals surface area contributed by atoms with Crippen LogP contribution in [0.4, 0.5) is 0 Å². The van der Waals surface area contributed by atoms with Gasteiger partial charge in [0.15, 0.2) is 47.1 Å². The van der Waals surface area contributed by atoms with E-state index < -0.39 is 96.3 Å². The standard InChI is InChI=1S/C29H32O13.C21H28O5/c1-11-36-9-20-27(40-11)24(31)25(32)29(41-20)42-26-14-7-17-16(38-10-39-17)6-13(14)21(22-15(26)8-37-28(22)33)12-4-18(34-2)23(30)19(5-12)35-3;1-19-7-5-13(23)9-12(19)3-4-14-15-6-8-21(26,17(25)11-22)20(15,2)10-16(24)18(14)19/h4-7,11,15,20-22,24-27,29-32H,8-10H2,1-3H3;5,7,9,14-16,18,22,24,26H,3-4,6,8,10-11H2,1-2H3/t11-,15?,20-,21-,22+,24-,25-,26?,27-,29+;14-,15-,16-,18+,19-,20-,21-/m10/s1. The number of ether oxygens (including phenoxy) is 9. The van der Waals surface area contributed by atoms with Crippen molar-refractivity contribution in [3.05, 3.63) is 64.8 Å². The number of esters is 1. The number of aromatic hydroxyl groups is 1.